The highest BCUT2D eigenvalue weighted by Crippen LogP contribution is 2.35. The van der Waals surface area contributed by atoms with E-state index in [0.717, 1.165) is 18.5 Å². The van der Waals surface area contributed by atoms with Crippen LogP contribution < -0.4 is 10.6 Å². The Bertz CT molecular complexity index is 964. The predicted octanol–water partition coefficient (Wildman–Crippen LogP) is 4.89. The molecule has 0 atom stereocenters. The van der Waals surface area contributed by atoms with Gasteiger partial charge in [0.25, 0.3) is 0 Å². The molecule has 0 fully saturated rings. The van der Waals surface area contributed by atoms with E-state index in [4.69, 9.17) is 0 Å². The Kier molecular flexibility index (Phi) is 4.88. The number of anilines is 4. The normalized spacial score (nSPS) is 11.1. The Labute approximate surface area is 151 Å². The summed E-state index contributed by atoms with van der Waals surface area (Å²) < 4.78 is 38.5. The minimum atomic E-state index is -4.53. The number of nitrogens with one attached hydrogen (secondary N) is 2. The molecule has 3 aromatic rings. The second kappa shape index (κ2) is 7.28. The van der Waals surface area contributed by atoms with E-state index < -0.39 is 22.4 Å². The first-order valence-electron chi connectivity index (χ1n) is 7.60. The van der Waals surface area contributed by atoms with Gasteiger partial charge in [0.15, 0.2) is 0 Å². The quantitative estimate of drug-likeness (QED) is 0.487. The lowest BCUT2D eigenvalue weighted by Gasteiger charge is -2.12. The van der Waals surface area contributed by atoms with Crippen molar-refractivity contribution in [3.8, 4) is 0 Å². The van der Waals surface area contributed by atoms with E-state index in [-0.39, 0.29) is 17.3 Å². The Morgan fingerprint density at radius 1 is 0.889 bits per heavy atom. The molecule has 1 heterocycles. The molecular weight excluding hydrogens is 363 g/mol. The van der Waals surface area contributed by atoms with Gasteiger partial charge >= 0.3 is 11.9 Å². The summed E-state index contributed by atoms with van der Waals surface area (Å²) in [7, 11) is 0. The van der Waals surface area contributed by atoms with Gasteiger partial charge in [-0.1, -0.05) is 24.3 Å². The molecule has 0 aliphatic rings. The number of nitro groups is 1. The molecule has 0 saturated carbocycles. The van der Waals surface area contributed by atoms with Gasteiger partial charge in [0.05, 0.1) is 10.5 Å². The maximum Gasteiger partial charge on any atom is 0.416 e. The van der Waals surface area contributed by atoms with Crippen molar-refractivity contribution in [3.63, 3.8) is 0 Å². The average Bonchev–Trinajstić information content (AvgIpc) is 2.62. The highest BCUT2D eigenvalue weighted by molar-refractivity contribution is 5.76. The van der Waals surface area contributed by atoms with E-state index in [0.29, 0.717) is 5.69 Å². The lowest BCUT2D eigenvalue weighted by molar-refractivity contribution is -0.383. The zero-order chi connectivity index (χ0) is 19.4. The summed E-state index contributed by atoms with van der Waals surface area (Å²) in [5, 5.41) is 16.9. The van der Waals surface area contributed by atoms with Crippen molar-refractivity contribution in [2.75, 3.05) is 10.6 Å². The minimum Gasteiger partial charge on any atom is -0.334 e. The van der Waals surface area contributed by atoms with E-state index in [1.54, 1.807) is 30.3 Å². The molecule has 2 aromatic carbocycles. The minimum absolute atomic E-state index is 0.0114. The van der Waals surface area contributed by atoms with Crippen LogP contribution in [0.4, 0.5) is 41.9 Å². The number of hydrogen-bond acceptors (Lipinski definition) is 6. The van der Waals surface area contributed by atoms with Gasteiger partial charge in [-0.05, 0) is 30.3 Å². The second-order valence-corrected chi connectivity index (χ2v) is 5.37. The van der Waals surface area contributed by atoms with Crippen molar-refractivity contribution >= 4 is 28.7 Å². The van der Waals surface area contributed by atoms with Gasteiger partial charge in [0.1, 0.15) is 6.33 Å². The first kappa shape index (κ1) is 18.1. The van der Waals surface area contributed by atoms with Crippen molar-refractivity contribution in [1.82, 2.24) is 9.97 Å². The van der Waals surface area contributed by atoms with Crippen molar-refractivity contribution in [1.29, 1.82) is 0 Å². The predicted molar refractivity (Wildman–Crippen MR) is 93.1 cm³/mol. The number of para-hydroxylation sites is 1. The molecule has 0 amide bonds. The lowest BCUT2D eigenvalue weighted by Crippen LogP contribution is -2.07. The molecule has 2 N–H and O–H groups in total. The number of halogens is 3. The van der Waals surface area contributed by atoms with Crippen LogP contribution in [0.3, 0.4) is 0 Å². The van der Waals surface area contributed by atoms with Crippen LogP contribution in [0.5, 0.6) is 0 Å². The third-order valence-electron chi connectivity index (χ3n) is 3.49. The number of aromatic nitrogens is 2. The third-order valence-corrected chi connectivity index (χ3v) is 3.49. The number of rotatable bonds is 5. The van der Waals surface area contributed by atoms with Crippen LogP contribution in [-0.2, 0) is 6.18 Å². The maximum absolute atomic E-state index is 12.8. The van der Waals surface area contributed by atoms with Crippen LogP contribution >= 0.6 is 0 Å². The molecular formula is C17H12F3N5O2. The molecule has 3 rings (SSSR count). The van der Waals surface area contributed by atoms with Gasteiger partial charge in [0.2, 0.25) is 11.6 Å². The summed E-state index contributed by atoms with van der Waals surface area (Å²) in [6.45, 7) is 0. The van der Waals surface area contributed by atoms with E-state index in [9.17, 15) is 23.3 Å². The summed E-state index contributed by atoms with van der Waals surface area (Å²) in [6.07, 6.45) is -3.45. The molecule has 0 aliphatic heterocycles. The molecule has 10 heteroatoms. The molecule has 27 heavy (non-hydrogen) atoms. The first-order chi connectivity index (χ1) is 12.8. The highest BCUT2D eigenvalue weighted by Gasteiger charge is 2.31. The van der Waals surface area contributed by atoms with Crippen LogP contribution in [0.25, 0.3) is 0 Å². The largest absolute Gasteiger partial charge is 0.416 e. The second-order valence-electron chi connectivity index (χ2n) is 5.37. The van der Waals surface area contributed by atoms with Crippen molar-refractivity contribution in [3.05, 3.63) is 76.6 Å². The zero-order valence-electron chi connectivity index (χ0n) is 13.6. The van der Waals surface area contributed by atoms with Gasteiger partial charge < -0.3 is 10.6 Å². The molecule has 1 aromatic heterocycles. The van der Waals surface area contributed by atoms with Crippen LogP contribution in [0.15, 0.2) is 60.9 Å². The Balaban J connectivity index is 1.96. The smallest absolute Gasteiger partial charge is 0.334 e. The Hall–Kier alpha value is -3.69. The summed E-state index contributed by atoms with van der Waals surface area (Å²) in [4.78, 5) is 18.5. The number of alkyl halides is 3. The monoisotopic (exact) mass is 375 g/mol. The number of nitrogens with zero attached hydrogens (tertiary/aromatic N) is 3. The molecule has 7 nitrogen and oxygen atoms in total. The van der Waals surface area contributed by atoms with E-state index in [1.165, 1.54) is 12.1 Å². The van der Waals surface area contributed by atoms with Gasteiger partial charge in [-0.3, -0.25) is 10.1 Å². The van der Waals surface area contributed by atoms with Crippen molar-refractivity contribution < 1.29 is 18.1 Å². The van der Waals surface area contributed by atoms with E-state index >= 15 is 0 Å². The summed E-state index contributed by atoms with van der Waals surface area (Å²) >= 11 is 0. The van der Waals surface area contributed by atoms with Gasteiger partial charge in [-0.2, -0.15) is 13.2 Å². The molecule has 0 bridgehead atoms. The molecule has 0 saturated heterocycles. The molecule has 0 aliphatic carbocycles. The third kappa shape index (κ3) is 4.29. The van der Waals surface area contributed by atoms with Gasteiger partial charge in [-0.15, -0.1) is 0 Å². The first-order valence-corrected chi connectivity index (χ1v) is 7.60. The Morgan fingerprint density at radius 2 is 1.48 bits per heavy atom. The van der Waals surface area contributed by atoms with Crippen molar-refractivity contribution in [2.45, 2.75) is 6.18 Å². The van der Waals surface area contributed by atoms with E-state index in [1.807, 2.05) is 0 Å². The van der Waals surface area contributed by atoms with Crippen LogP contribution in [0.1, 0.15) is 5.56 Å². The topological polar surface area (TPSA) is 93.0 Å². The standard InChI is InChI=1S/C17H12F3N5O2/c18-17(19,20)11-5-4-8-13(9-11)24-16-14(25(26)27)15(21-10-22-16)23-12-6-2-1-3-7-12/h1-10H,(H2,21,22,23,24). The van der Waals surface area contributed by atoms with E-state index in [2.05, 4.69) is 20.6 Å². The maximum atomic E-state index is 12.8. The van der Waals surface area contributed by atoms with Crippen LogP contribution in [-0.4, -0.2) is 14.9 Å². The summed E-state index contributed by atoms with van der Waals surface area (Å²) in [6, 6.07) is 12.9. The SMILES string of the molecule is O=[N+]([O-])c1c(Nc2ccccc2)ncnc1Nc1cccc(C(F)(F)F)c1. The van der Waals surface area contributed by atoms with Crippen LogP contribution in [0, 0.1) is 10.1 Å². The number of hydrogen-bond donors (Lipinski definition) is 2. The van der Waals surface area contributed by atoms with Crippen molar-refractivity contribution in [2.24, 2.45) is 0 Å². The lowest BCUT2D eigenvalue weighted by atomic mass is 10.2. The van der Waals surface area contributed by atoms with Gasteiger partial charge in [-0.25, -0.2) is 9.97 Å². The Morgan fingerprint density at radius 3 is 2.07 bits per heavy atom. The highest BCUT2D eigenvalue weighted by atomic mass is 19.4. The fourth-order valence-electron chi connectivity index (χ4n) is 2.30. The average molecular weight is 375 g/mol. The number of benzene rings is 2. The summed E-state index contributed by atoms with van der Waals surface area (Å²) in [5.41, 5.74) is -0.799. The molecule has 0 radical (unpaired) electrons. The zero-order valence-corrected chi connectivity index (χ0v) is 13.6. The molecule has 0 unspecified atom stereocenters. The summed E-state index contributed by atoms with van der Waals surface area (Å²) in [5.74, 6) is -0.316. The van der Waals surface area contributed by atoms with Crippen LogP contribution in [0.2, 0.25) is 0 Å². The fraction of sp³-hybridized carbons (Fsp3) is 0.0588. The molecule has 138 valence electrons. The molecule has 0 spiro atoms. The fourth-order valence-corrected chi connectivity index (χ4v) is 2.30. The van der Waals surface area contributed by atoms with Gasteiger partial charge in [0, 0.05) is 11.4 Å².